The number of methoxy groups -OCH3 is 2. The lowest BCUT2D eigenvalue weighted by Gasteiger charge is -2.42. The first-order chi connectivity index (χ1) is 25.2. The molecule has 2 aromatic rings. The number of aliphatic hydroxyl groups is 1. The van der Waals surface area contributed by atoms with Gasteiger partial charge in [-0.3, -0.25) is 14.3 Å². The van der Waals surface area contributed by atoms with Gasteiger partial charge in [-0.15, -0.1) is 5.10 Å². The van der Waals surface area contributed by atoms with Crippen LogP contribution in [0.5, 0.6) is 0 Å². The predicted molar refractivity (Wildman–Crippen MR) is 204 cm³/mol. The molecule has 0 radical (unpaired) electrons. The number of aliphatic hydroxyl groups excluding tert-OH is 1. The van der Waals surface area contributed by atoms with Gasteiger partial charge in [-0.25, -0.2) is 0 Å². The third-order valence-corrected chi connectivity index (χ3v) is 11.1. The number of cyclic esters (lactones) is 1. The summed E-state index contributed by atoms with van der Waals surface area (Å²) < 4.78 is 31.4. The number of rotatable bonds is 10. The summed E-state index contributed by atoms with van der Waals surface area (Å²) in [5.41, 5.74) is 6.48. The van der Waals surface area contributed by atoms with Crippen LogP contribution in [0.2, 0.25) is 0 Å². The lowest BCUT2D eigenvalue weighted by Crippen LogP contribution is -2.59. The molecule has 0 saturated carbocycles. The van der Waals surface area contributed by atoms with Crippen LogP contribution in [0.15, 0.2) is 42.1 Å². The minimum absolute atomic E-state index is 0.0821. The first kappa shape index (κ1) is 42.5. The highest BCUT2D eigenvalue weighted by Gasteiger charge is 2.45. The second-order valence-electron chi connectivity index (χ2n) is 15.5. The quantitative estimate of drug-likeness (QED) is 0.258. The number of allylic oxidation sites excluding steroid dienone is 3. The summed E-state index contributed by atoms with van der Waals surface area (Å²) in [6.45, 7) is 17.1. The van der Waals surface area contributed by atoms with Crippen LogP contribution in [0.25, 0.3) is 11.3 Å². The standard InChI is InChI=1S/C42H63N3O8/c1-11-37-33(24-51-42-41(50-10)40(49-9)39(48)31(8)52-42)19-26(3)12-14-36(46)30(7)21-32(18-25(2)13-15-38(47)53-37)16-17-45-23-35(43-44-45)34-22-28(5)27(4)20-29(34)6/h12,14,19-20,22-23,25,30-33,37,39-42,48H,11,13,15-18,21,24H2,1-10H3/b14-12+,26-19+/t25-,30+,31?,32+,33+,37+,39+,40-,41?,42+/m0/s1. The monoisotopic (exact) mass is 737 g/mol. The highest BCUT2D eigenvalue weighted by Crippen LogP contribution is 2.31. The molecule has 3 heterocycles. The molecule has 1 aromatic heterocycles. The van der Waals surface area contributed by atoms with E-state index in [0.717, 1.165) is 36.1 Å². The lowest BCUT2D eigenvalue weighted by molar-refractivity contribution is -0.304. The van der Waals surface area contributed by atoms with E-state index in [1.54, 1.807) is 13.0 Å². The van der Waals surface area contributed by atoms with E-state index in [-0.39, 0.29) is 42.0 Å². The lowest BCUT2D eigenvalue weighted by atomic mass is 9.83. The number of aromatic nitrogens is 3. The molecule has 1 N–H and O–H groups in total. The van der Waals surface area contributed by atoms with Crippen molar-refractivity contribution in [2.75, 3.05) is 20.8 Å². The summed E-state index contributed by atoms with van der Waals surface area (Å²) in [4.78, 5) is 26.8. The zero-order valence-electron chi connectivity index (χ0n) is 33.5. The number of benzene rings is 1. The van der Waals surface area contributed by atoms with Gasteiger partial charge in [-0.05, 0) is 107 Å². The maximum absolute atomic E-state index is 13.5. The number of hydrogen-bond acceptors (Lipinski definition) is 10. The van der Waals surface area contributed by atoms with Crippen molar-refractivity contribution >= 4 is 11.8 Å². The van der Waals surface area contributed by atoms with Crippen molar-refractivity contribution < 1.29 is 38.4 Å². The third-order valence-electron chi connectivity index (χ3n) is 11.1. The molecule has 1 fully saturated rings. The van der Waals surface area contributed by atoms with Crippen LogP contribution in [-0.2, 0) is 39.8 Å². The average Bonchev–Trinajstić information content (AvgIpc) is 3.60. The Morgan fingerprint density at radius 2 is 1.68 bits per heavy atom. The minimum atomic E-state index is -0.873. The molecule has 0 aliphatic carbocycles. The van der Waals surface area contributed by atoms with E-state index in [2.05, 4.69) is 50.1 Å². The molecule has 1 saturated heterocycles. The smallest absolute Gasteiger partial charge is 0.306 e. The van der Waals surface area contributed by atoms with Crippen LogP contribution in [0.3, 0.4) is 0 Å². The van der Waals surface area contributed by atoms with Gasteiger partial charge in [0.1, 0.15) is 30.1 Å². The Morgan fingerprint density at radius 1 is 0.962 bits per heavy atom. The molecule has 11 heteroatoms. The SMILES string of the molecule is CC[C@H]1OC(=O)CC[C@H](C)C[C@@H](CCn2cc(-c3cc(C)c(C)cc3C)nn2)C[C@@H](C)C(=O)/C=C/C(C)=C/[C@@H]1CO[C@@H]1OC(C)[C@@H](O)[C@H](OC)C1OC. The topological polar surface area (TPSA) is 131 Å². The molecule has 2 aliphatic heterocycles. The van der Waals surface area contributed by atoms with Gasteiger partial charge in [-0.2, -0.15) is 0 Å². The first-order valence-corrected chi connectivity index (χ1v) is 19.3. The summed E-state index contributed by atoms with van der Waals surface area (Å²) in [7, 11) is 3.05. The normalized spacial score (nSPS) is 32.5. The maximum Gasteiger partial charge on any atom is 0.306 e. The molecule has 10 atom stereocenters. The third kappa shape index (κ3) is 11.6. The Balaban J connectivity index is 1.48. The zero-order valence-corrected chi connectivity index (χ0v) is 33.5. The fourth-order valence-electron chi connectivity index (χ4n) is 7.66. The highest BCUT2D eigenvalue weighted by atomic mass is 16.7. The summed E-state index contributed by atoms with van der Waals surface area (Å²) in [5, 5.41) is 19.5. The van der Waals surface area contributed by atoms with Crippen LogP contribution in [0.1, 0.15) is 89.8 Å². The van der Waals surface area contributed by atoms with Crippen LogP contribution < -0.4 is 0 Å². The molecular formula is C42H63N3O8. The van der Waals surface area contributed by atoms with Crippen molar-refractivity contribution in [2.45, 2.75) is 137 Å². The number of carbonyl (C=O) groups is 2. The number of carbonyl (C=O) groups excluding carboxylic acids is 2. The van der Waals surface area contributed by atoms with Crippen LogP contribution >= 0.6 is 0 Å². The van der Waals surface area contributed by atoms with Gasteiger partial charge < -0.3 is 28.8 Å². The van der Waals surface area contributed by atoms with Gasteiger partial charge >= 0.3 is 5.97 Å². The van der Waals surface area contributed by atoms with Crippen molar-refractivity contribution in [1.29, 1.82) is 0 Å². The van der Waals surface area contributed by atoms with Gasteiger partial charge in [0.05, 0.1) is 18.9 Å². The number of ketones is 1. The fraction of sp³-hybridized carbons (Fsp3) is 0.667. The number of aryl methyl sites for hydroxylation is 4. The Labute approximate surface area is 316 Å². The largest absolute Gasteiger partial charge is 0.462 e. The van der Waals surface area contributed by atoms with E-state index in [9.17, 15) is 14.7 Å². The summed E-state index contributed by atoms with van der Waals surface area (Å²) in [6.07, 6.45) is 7.61. The van der Waals surface area contributed by atoms with E-state index >= 15 is 0 Å². The van der Waals surface area contributed by atoms with E-state index in [1.165, 1.54) is 30.9 Å². The summed E-state index contributed by atoms with van der Waals surface area (Å²) in [6, 6.07) is 4.37. The number of hydrogen-bond donors (Lipinski definition) is 1. The van der Waals surface area contributed by atoms with Crippen LogP contribution in [0, 0.1) is 44.4 Å². The van der Waals surface area contributed by atoms with Gasteiger partial charge in [0.25, 0.3) is 0 Å². The van der Waals surface area contributed by atoms with Crippen molar-refractivity contribution in [1.82, 2.24) is 15.0 Å². The minimum Gasteiger partial charge on any atom is -0.462 e. The Morgan fingerprint density at radius 3 is 2.38 bits per heavy atom. The number of ether oxygens (including phenoxy) is 5. The van der Waals surface area contributed by atoms with Gasteiger partial charge in [0.2, 0.25) is 0 Å². The second kappa shape index (κ2) is 19.9. The molecule has 294 valence electrons. The van der Waals surface area contributed by atoms with E-state index in [0.29, 0.717) is 25.8 Å². The Kier molecular flexibility index (Phi) is 16.0. The molecule has 4 rings (SSSR count). The van der Waals surface area contributed by atoms with Crippen LogP contribution in [-0.4, -0.2) is 89.5 Å². The van der Waals surface area contributed by atoms with E-state index < -0.39 is 36.8 Å². The molecule has 0 bridgehead atoms. The maximum atomic E-state index is 13.5. The Hall–Kier alpha value is -3.22. The molecule has 1 aromatic carbocycles. The summed E-state index contributed by atoms with van der Waals surface area (Å²) in [5.74, 6) is -0.126. The fourth-order valence-corrected chi connectivity index (χ4v) is 7.66. The zero-order chi connectivity index (χ0) is 38.8. The molecule has 0 amide bonds. The van der Waals surface area contributed by atoms with Gasteiger partial charge in [0, 0.05) is 44.6 Å². The van der Waals surface area contributed by atoms with E-state index in [4.69, 9.17) is 23.7 Å². The molecule has 53 heavy (non-hydrogen) atoms. The predicted octanol–water partition coefficient (Wildman–Crippen LogP) is 6.88. The second-order valence-corrected chi connectivity index (χ2v) is 15.5. The Bertz CT molecular complexity index is 1570. The van der Waals surface area contributed by atoms with Crippen molar-refractivity contribution in [3.8, 4) is 11.3 Å². The van der Waals surface area contributed by atoms with Crippen molar-refractivity contribution in [3.63, 3.8) is 0 Å². The number of nitrogens with zero attached hydrogens (tertiary/aromatic N) is 3. The first-order valence-electron chi connectivity index (χ1n) is 19.3. The molecule has 11 nitrogen and oxygen atoms in total. The average molecular weight is 738 g/mol. The van der Waals surface area contributed by atoms with Gasteiger partial charge in [-0.1, -0.05) is 49.8 Å². The molecule has 2 unspecified atom stereocenters. The van der Waals surface area contributed by atoms with Crippen molar-refractivity contribution in [3.05, 3.63) is 58.8 Å². The van der Waals surface area contributed by atoms with Crippen LogP contribution in [0.4, 0.5) is 0 Å². The highest BCUT2D eigenvalue weighted by molar-refractivity contribution is 5.91. The molecular weight excluding hydrogens is 674 g/mol. The van der Waals surface area contributed by atoms with E-state index in [1.807, 2.05) is 43.8 Å². The van der Waals surface area contributed by atoms with Crippen molar-refractivity contribution in [2.24, 2.45) is 23.7 Å². The van der Waals surface area contributed by atoms with Gasteiger partial charge in [0.15, 0.2) is 12.1 Å². The number of esters is 1. The molecule has 2 aliphatic rings. The molecule has 0 spiro atoms. The summed E-state index contributed by atoms with van der Waals surface area (Å²) >= 11 is 0.